The van der Waals surface area contributed by atoms with Gasteiger partial charge in [0, 0.05) is 39.2 Å². The van der Waals surface area contributed by atoms with E-state index in [0.717, 1.165) is 35.7 Å². The summed E-state index contributed by atoms with van der Waals surface area (Å²) in [4.78, 5) is 0. The summed E-state index contributed by atoms with van der Waals surface area (Å²) in [5, 5.41) is 1.89. The number of hydrogen-bond acceptors (Lipinski definition) is 6. The minimum Gasteiger partial charge on any atom is -0.397 e. The molecular formula is C12H30O4S2Si2. The molecule has 0 atom stereocenters. The molecular weight excluding hydrogens is 328 g/mol. The first kappa shape index (κ1) is 21.0. The summed E-state index contributed by atoms with van der Waals surface area (Å²) in [5.74, 6) is 0. The molecule has 0 aromatic rings. The largest absolute Gasteiger partial charge is 0.397 e. The van der Waals surface area contributed by atoms with Crippen LogP contribution in [0.25, 0.3) is 0 Å². The fourth-order valence-corrected chi connectivity index (χ4v) is 14.5. The van der Waals surface area contributed by atoms with Crippen LogP contribution in [0.15, 0.2) is 0 Å². The lowest BCUT2D eigenvalue weighted by atomic mass is 10.6. The van der Waals surface area contributed by atoms with Crippen molar-refractivity contribution >= 4 is 38.7 Å². The van der Waals surface area contributed by atoms with Crippen molar-refractivity contribution in [1.82, 2.24) is 0 Å². The summed E-state index contributed by atoms with van der Waals surface area (Å²) in [6.45, 7) is 4.35. The molecule has 0 unspecified atom stereocenters. The fraction of sp³-hybridized carbons (Fsp3) is 1.00. The molecule has 0 aromatic carbocycles. The quantitative estimate of drug-likeness (QED) is 0.284. The Bertz CT molecular complexity index is 215. The summed E-state index contributed by atoms with van der Waals surface area (Å²) in [7, 11) is 6.77. The minimum absolute atomic E-state index is 0.947. The third kappa shape index (κ3) is 6.82. The summed E-state index contributed by atoms with van der Waals surface area (Å²) in [5.41, 5.74) is 0. The van der Waals surface area contributed by atoms with Crippen LogP contribution in [0.4, 0.5) is 0 Å². The van der Waals surface area contributed by atoms with Gasteiger partial charge in [0.2, 0.25) is 0 Å². The molecule has 8 heteroatoms. The smallest absolute Gasteiger partial charge is 0.348 e. The number of rotatable bonds is 13. The molecule has 0 aliphatic rings. The van der Waals surface area contributed by atoms with Crippen molar-refractivity contribution in [3.8, 4) is 0 Å². The zero-order chi connectivity index (χ0) is 15.5. The highest BCUT2D eigenvalue weighted by molar-refractivity contribution is 8.77. The van der Waals surface area contributed by atoms with E-state index < -0.39 is 17.1 Å². The van der Waals surface area contributed by atoms with Crippen molar-refractivity contribution in [2.75, 3.05) is 39.2 Å². The van der Waals surface area contributed by atoms with E-state index in [4.69, 9.17) is 17.7 Å². The van der Waals surface area contributed by atoms with Crippen LogP contribution in [0.3, 0.4) is 0 Å². The predicted octanol–water partition coefficient (Wildman–Crippen LogP) is 3.74. The zero-order valence-electron chi connectivity index (χ0n) is 13.7. The molecule has 0 aromatic heterocycles. The van der Waals surface area contributed by atoms with Crippen LogP contribution in [-0.4, -0.2) is 56.3 Å². The molecule has 20 heavy (non-hydrogen) atoms. The van der Waals surface area contributed by atoms with Crippen molar-refractivity contribution in [1.29, 1.82) is 0 Å². The summed E-state index contributed by atoms with van der Waals surface area (Å²) < 4.78 is 22.8. The van der Waals surface area contributed by atoms with Gasteiger partial charge in [-0.15, -0.1) is 0 Å². The van der Waals surface area contributed by atoms with Gasteiger partial charge in [0.15, 0.2) is 0 Å². The monoisotopic (exact) mass is 358 g/mol. The van der Waals surface area contributed by atoms with Gasteiger partial charge in [-0.05, 0) is 12.1 Å². The summed E-state index contributed by atoms with van der Waals surface area (Å²) >= 11 is 0. The molecule has 0 rings (SSSR count). The Balaban J connectivity index is 4.27. The Morgan fingerprint density at radius 3 is 1.15 bits per heavy atom. The Morgan fingerprint density at radius 2 is 0.950 bits per heavy atom. The summed E-state index contributed by atoms with van der Waals surface area (Å²) in [6, 6.07) is 2.08. The van der Waals surface area contributed by atoms with Crippen molar-refractivity contribution in [3.05, 3.63) is 0 Å². The van der Waals surface area contributed by atoms with E-state index in [1.807, 2.05) is 21.6 Å². The average molecular weight is 359 g/mol. The normalized spacial score (nSPS) is 12.9. The third-order valence-electron chi connectivity index (χ3n) is 3.39. The lowest BCUT2D eigenvalue weighted by Crippen LogP contribution is -2.44. The van der Waals surface area contributed by atoms with E-state index >= 15 is 0 Å². The maximum Gasteiger partial charge on any atom is 0.348 e. The van der Waals surface area contributed by atoms with E-state index in [1.165, 1.54) is 0 Å². The first-order valence-electron chi connectivity index (χ1n) is 7.02. The highest BCUT2D eigenvalue weighted by Crippen LogP contribution is 2.32. The first-order chi connectivity index (χ1) is 9.57. The van der Waals surface area contributed by atoms with Crippen LogP contribution in [0.5, 0.6) is 0 Å². The Labute approximate surface area is 134 Å². The maximum atomic E-state index is 5.69. The second kappa shape index (κ2) is 11.5. The predicted molar refractivity (Wildman–Crippen MR) is 94.7 cm³/mol. The molecule has 0 bridgehead atoms. The lowest BCUT2D eigenvalue weighted by molar-refractivity contribution is 0.247. The van der Waals surface area contributed by atoms with E-state index in [2.05, 4.69) is 13.8 Å². The lowest BCUT2D eigenvalue weighted by Gasteiger charge is -2.28. The van der Waals surface area contributed by atoms with Crippen molar-refractivity contribution in [2.24, 2.45) is 0 Å². The van der Waals surface area contributed by atoms with Crippen LogP contribution in [0.1, 0.15) is 26.7 Å². The highest BCUT2D eigenvalue weighted by atomic mass is 33.1. The molecule has 0 heterocycles. The van der Waals surface area contributed by atoms with Crippen LogP contribution in [0.2, 0.25) is 12.1 Å². The third-order valence-corrected chi connectivity index (χ3v) is 16.1. The Kier molecular flexibility index (Phi) is 12.1. The maximum absolute atomic E-state index is 5.69. The van der Waals surface area contributed by atoms with Crippen LogP contribution in [-0.2, 0) is 17.7 Å². The Morgan fingerprint density at radius 1 is 0.650 bits per heavy atom. The van der Waals surface area contributed by atoms with Crippen LogP contribution < -0.4 is 0 Å². The second-order valence-electron chi connectivity index (χ2n) is 4.66. The fourth-order valence-electron chi connectivity index (χ4n) is 1.98. The molecule has 0 saturated heterocycles. The van der Waals surface area contributed by atoms with Crippen molar-refractivity contribution < 1.29 is 17.7 Å². The molecule has 4 nitrogen and oxygen atoms in total. The standard InChI is InChI=1S/C12H30O4S2Si2/c1-7-9-19(13-3,14-4)11-17-18-12-20(15-5,16-6)10-8-2/h7-12H2,1-6H3. The molecule has 0 aliphatic heterocycles. The SMILES string of the molecule is CCC[Si](CSSC[Si](CCC)(OC)OC)(OC)OC. The summed E-state index contributed by atoms with van der Waals surface area (Å²) in [6.07, 6.45) is 2.20. The minimum atomic E-state index is -2.00. The van der Waals surface area contributed by atoms with Gasteiger partial charge < -0.3 is 17.7 Å². The van der Waals surface area contributed by atoms with E-state index in [9.17, 15) is 0 Å². The van der Waals surface area contributed by atoms with Gasteiger partial charge in [-0.25, -0.2) is 0 Å². The van der Waals surface area contributed by atoms with E-state index in [-0.39, 0.29) is 0 Å². The van der Waals surface area contributed by atoms with Gasteiger partial charge in [-0.1, -0.05) is 48.3 Å². The van der Waals surface area contributed by atoms with Gasteiger partial charge in [-0.2, -0.15) is 0 Å². The first-order valence-corrected chi connectivity index (χ1v) is 14.0. The highest BCUT2D eigenvalue weighted by Gasteiger charge is 2.37. The van der Waals surface area contributed by atoms with Crippen molar-refractivity contribution in [2.45, 2.75) is 38.8 Å². The average Bonchev–Trinajstić information content (AvgIpc) is 2.49. The van der Waals surface area contributed by atoms with Gasteiger partial charge >= 0.3 is 17.1 Å². The molecule has 0 amide bonds. The van der Waals surface area contributed by atoms with E-state index in [1.54, 1.807) is 28.4 Å². The topological polar surface area (TPSA) is 36.9 Å². The van der Waals surface area contributed by atoms with Crippen LogP contribution >= 0.6 is 21.6 Å². The van der Waals surface area contributed by atoms with E-state index in [0.29, 0.717) is 0 Å². The van der Waals surface area contributed by atoms with Crippen molar-refractivity contribution in [3.63, 3.8) is 0 Å². The van der Waals surface area contributed by atoms with Gasteiger partial charge in [0.05, 0.1) is 0 Å². The molecule has 0 N–H and O–H groups in total. The molecule has 0 saturated carbocycles. The molecule has 0 spiro atoms. The molecule has 0 fully saturated rings. The zero-order valence-corrected chi connectivity index (χ0v) is 17.3. The Hall–Kier alpha value is 0.974. The second-order valence-corrected chi connectivity index (χ2v) is 15.1. The van der Waals surface area contributed by atoms with Crippen LogP contribution in [0, 0.1) is 0 Å². The molecule has 0 radical (unpaired) electrons. The molecule has 0 aliphatic carbocycles. The van der Waals surface area contributed by atoms with Gasteiger partial charge in [0.1, 0.15) is 0 Å². The van der Waals surface area contributed by atoms with Gasteiger partial charge in [-0.3, -0.25) is 0 Å². The molecule has 122 valence electrons. The number of hydrogen-bond donors (Lipinski definition) is 0. The van der Waals surface area contributed by atoms with Gasteiger partial charge in [0.25, 0.3) is 0 Å².